The van der Waals surface area contributed by atoms with E-state index in [0.29, 0.717) is 0 Å². The zero-order valence-electron chi connectivity index (χ0n) is 7.16. The third-order valence-corrected chi connectivity index (χ3v) is 1.36. The van der Waals surface area contributed by atoms with Crippen molar-refractivity contribution in [1.82, 2.24) is 4.98 Å². The molecule has 0 bridgehead atoms. The van der Waals surface area contributed by atoms with Crippen LogP contribution in [-0.2, 0) is 4.74 Å². The van der Waals surface area contributed by atoms with Crippen molar-refractivity contribution in [2.75, 3.05) is 12.3 Å². The van der Waals surface area contributed by atoms with Crippen LogP contribution in [0.25, 0.3) is 0 Å². The van der Waals surface area contributed by atoms with Crippen molar-refractivity contribution in [2.45, 2.75) is 6.92 Å². The second-order valence-corrected chi connectivity index (χ2v) is 2.41. The van der Waals surface area contributed by atoms with Crippen LogP contribution >= 0.6 is 0 Å². The second kappa shape index (κ2) is 3.75. The topological polar surface area (TPSA) is 85.2 Å². The van der Waals surface area contributed by atoms with Crippen molar-refractivity contribution in [1.29, 1.82) is 0 Å². The first-order valence-corrected chi connectivity index (χ1v) is 3.80. The van der Waals surface area contributed by atoms with Crippen LogP contribution in [0.2, 0.25) is 0 Å². The van der Waals surface area contributed by atoms with Gasteiger partial charge in [-0.25, -0.2) is 4.79 Å². The number of ether oxygens (including phenoxy) is 1. The number of rotatable bonds is 2. The summed E-state index contributed by atoms with van der Waals surface area (Å²) in [5.74, 6) is -0.577. The molecule has 5 heteroatoms. The van der Waals surface area contributed by atoms with Crippen molar-refractivity contribution >= 4 is 11.7 Å². The number of pyridine rings is 1. The fourth-order valence-electron chi connectivity index (χ4n) is 0.883. The van der Waals surface area contributed by atoms with E-state index in [0.717, 1.165) is 0 Å². The van der Waals surface area contributed by atoms with Gasteiger partial charge < -0.3 is 15.5 Å². The summed E-state index contributed by atoms with van der Waals surface area (Å²) in [6.45, 7) is 1.94. The third kappa shape index (κ3) is 2.33. The number of hydrogen-bond acceptors (Lipinski definition) is 4. The number of nitrogens with one attached hydrogen (secondary N) is 1. The molecule has 0 fully saturated rings. The summed E-state index contributed by atoms with van der Waals surface area (Å²) < 4.78 is 4.67. The maximum Gasteiger partial charge on any atom is 0.354 e. The maximum atomic E-state index is 11.1. The second-order valence-electron chi connectivity index (χ2n) is 2.41. The molecule has 0 saturated heterocycles. The number of carbonyl (C=O) groups excluding carboxylic acids is 1. The minimum absolute atomic E-state index is 0.0758. The predicted molar refractivity (Wildman–Crippen MR) is 47.4 cm³/mol. The molecule has 1 aromatic heterocycles. The Kier molecular flexibility index (Phi) is 2.69. The van der Waals surface area contributed by atoms with E-state index in [-0.39, 0.29) is 18.0 Å². The molecule has 0 aromatic carbocycles. The van der Waals surface area contributed by atoms with E-state index < -0.39 is 11.5 Å². The molecule has 0 saturated carbocycles. The molecule has 1 rings (SSSR count). The lowest BCUT2D eigenvalue weighted by Crippen LogP contribution is -2.15. The van der Waals surface area contributed by atoms with Crippen LogP contribution in [0, 0.1) is 0 Å². The average Bonchev–Trinajstić information content (AvgIpc) is 2.03. The SMILES string of the molecule is CCOC(=O)c1cc(N)cc(=O)[nH]1. The van der Waals surface area contributed by atoms with Crippen LogP contribution in [0.4, 0.5) is 5.69 Å². The van der Waals surface area contributed by atoms with Crippen molar-refractivity contribution in [3.8, 4) is 0 Å². The molecular weight excluding hydrogens is 172 g/mol. The monoisotopic (exact) mass is 182 g/mol. The first kappa shape index (κ1) is 9.31. The fourth-order valence-corrected chi connectivity index (χ4v) is 0.883. The quantitative estimate of drug-likeness (QED) is 0.637. The van der Waals surface area contributed by atoms with Gasteiger partial charge in [-0.3, -0.25) is 4.79 Å². The van der Waals surface area contributed by atoms with E-state index >= 15 is 0 Å². The number of anilines is 1. The largest absolute Gasteiger partial charge is 0.461 e. The molecule has 0 aliphatic carbocycles. The van der Waals surface area contributed by atoms with Gasteiger partial charge in [-0.1, -0.05) is 0 Å². The van der Waals surface area contributed by atoms with Crippen molar-refractivity contribution in [3.05, 3.63) is 28.2 Å². The molecule has 0 unspecified atom stereocenters. The van der Waals surface area contributed by atoms with E-state index in [2.05, 4.69) is 9.72 Å². The van der Waals surface area contributed by atoms with Crippen molar-refractivity contribution in [2.24, 2.45) is 0 Å². The number of aromatic nitrogens is 1. The van der Waals surface area contributed by atoms with Gasteiger partial charge >= 0.3 is 5.97 Å². The molecule has 13 heavy (non-hydrogen) atoms. The summed E-state index contributed by atoms with van der Waals surface area (Å²) in [6, 6.07) is 2.56. The molecule has 1 heterocycles. The zero-order chi connectivity index (χ0) is 9.84. The number of aromatic amines is 1. The lowest BCUT2D eigenvalue weighted by molar-refractivity contribution is 0.0519. The van der Waals surface area contributed by atoms with Crippen LogP contribution in [0.1, 0.15) is 17.4 Å². The highest BCUT2D eigenvalue weighted by atomic mass is 16.5. The van der Waals surface area contributed by atoms with Crippen molar-refractivity contribution < 1.29 is 9.53 Å². The Balaban J connectivity index is 3.01. The highest BCUT2D eigenvalue weighted by Gasteiger charge is 2.07. The van der Waals surface area contributed by atoms with Crippen LogP contribution in [-0.4, -0.2) is 17.6 Å². The van der Waals surface area contributed by atoms with Crippen molar-refractivity contribution in [3.63, 3.8) is 0 Å². The summed E-state index contributed by atoms with van der Waals surface area (Å²) in [4.78, 5) is 24.3. The van der Waals surface area contributed by atoms with Crippen LogP contribution < -0.4 is 11.3 Å². The van der Waals surface area contributed by atoms with Gasteiger partial charge in [0.2, 0.25) is 0 Å². The smallest absolute Gasteiger partial charge is 0.354 e. The summed E-state index contributed by atoms with van der Waals surface area (Å²) in [7, 11) is 0. The lowest BCUT2D eigenvalue weighted by atomic mass is 10.3. The number of H-pyrrole nitrogens is 1. The van der Waals surface area contributed by atoms with E-state index in [9.17, 15) is 9.59 Å². The zero-order valence-corrected chi connectivity index (χ0v) is 7.16. The van der Waals surface area contributed by atoms with Gasteiger partial charge in [0, 0.05) is 11.8 Å². The average molecular weight is 182 g/mol. The summed E-state index contributed by atoms with van der Waals surface area (Å²) in [5.41, 5.74) is 5.27. The highest BCUT2D eigenvalue weighted by molar-refractivity contribution is 5.88. The van der Waals surface area contributed by atoms with Gasteiger partial charge in [0.15, 0.2) is 0 Å². The predicted octanol–water partition coefficient (Wildman–Crippen LogP) is 0.134. The molecule has 5 nitrogen and oxygen atoms in total. The molecule has 0 radical (unpaired) electrons. The normalized spacial score (nSPS) is 9.62. The first-order valence-electron chi connectivity index (χ1n) is 3.80. The molecule has 0 amide bonds. The van der Waals surface area contributed by atoms with Crippen LogP contribution in [0.3, 0.4) is 0 Å². The van der Waals surface area contributed by atoms with Gasteiger partial charge in [-0.15, -0.1) is 0 Å². The van der Waals surface area contributed by atoms with E-state index in [1.807, 2.05) is 0 Å². The molecule has 0 spiro atoms. The van der Waals surface area contributed by atoms with Gasteiger partial charge in [0.1, 0.15) is 5.69 Å². The number of carbonyl (C=O) groups is 1. The number of nitrogen functional groups attached to an aromatic ring is 1. The Hall–Kier alpha value is -1.78. The summed E-state index contributed by atoms with van der Waals surface area (Å²) in [5, 5.41) is 0. The van der Waals surface area contributed by atoms with Crippen LogP contribution in [0.5, 0.6) is 0 Å². The molecule has 3 N–H and O–H groups in total. The Morgan fingerprint density at radius 3 is 2.85 bits per heavy atom. The number of esters is 1. The van der Waals surface area contributed by atoms with E-state index in [1.165, 1.54) is 12.1 Å². The summed E-state index contributed by atoms with van der Waals surface area (Å²) in [6.07, 6.45) is 0. The third-order valence-electron chi connectivity index (χ3n) is 1.36. The standard InChI is InChI=1S/C8H10N2O3/c1-2-13-8(12)6-3-5(9)4-7(11)10-6/h3-4H,2H2,1H3,(H3,9,10,11). The highest BCUT2D eigenvalue weighted by Crippen LogP contribution is 2.01. The van der Waals surface area contributed by atoms with E-state index in [4.69, 9.17) is 5.73 Å². The molecule has 0 atom stereocenters. The van der Waals surface area contributed by atoms with Gasteiger partial charge in [0.25, 0.3) is 5.56 Å². The molecule has 0 aliphatic rings. The minimum atomic E-state index is -0.577. The fraction of sp³-hybridized carbons (Fsp3) is 0.250. The summed E-state index contributed by atoms with van der Waals surface area (Å²) >= 11 is 0. The maximum absolute atomic E-state index is 11.1. The Morgan fingerprint density at radius 2 is 2.31 bits per heavy atom. The number of nitrogens with two attached hydrogens (primary N) is 1. The Bertz CT molecular complexity index is 370. The van der Waals surface area contributed by atoms with Crippen LogP contribution in [0.15, 0.2) is 16.9 Å². The molecule has 1 aromatic rings. The molecular formula is C8H10N2O3. The van der Waals surface area contributed by atoms with Gasteiger partial charge in [-0.05, 0) is 13.0 Å². The Labute approximate surface area is 74.5 Å². The van der Waals surface area contributed by atoms with E-state index in [1.54, 1.807) is 6.92 Å². The lowest BCUT2D eigenvalue weighted by Gasteiger charge is -2.01. The first-order chi connectivity index (χ1) is 6.13. The minimum Gasteiger partial charge on any atom is -0.461 e. The number of hydrogen-bond donors (Lipinski definition) is 2. The molecule has 0 aliphatic heterocycles. The Morgan fingerprint density at radius 1 is 1.62 bits per heavy atom. The van der Waals surface area contributed by atoms with Gasteiger partial charge in [0.05, 0.1) is 6.61 Å². The van der Waals surface area contributed by atoms with Gasteiger partial charge in [-0.2, -0.15) is 0 Å². The molecule has 70 valence electrons.